The predicted molar refractivity (Wildman–Crippen MR) is 38.6 cm³/mol. The van der Waals surface area contributed by atoms with Crippen molar-refractivity contribution in [1.82, 2.24) is 0 Å². The van der Waals surface area contributed by atoms with E-state index in [4.69, 9.17) is 9.90 Å². The zero-order chi connectivity index (χ0) is 8.57. The Morgan fingerprint density at radius 2 is 2.00 bits per heavy atom. The van der Waals surface area contributed by atoms with Crippen molar-refractivity contribution in [3.63, 3.8) is 0 Å². The Bertz CT molecular complexity index is 128. The number of hydrogen-bond donors (Lipinski definition) is 2. The highest BCUT2D eigenvalue weighted by molar-refractivity contribution is 7.75. The molecule has 0 aliphatic rings. The highest BCUT2D eigenvalue weighted by Crippen LogP contribution is 1.78. The van der Waals surface area contributed by atoms with Crippen LogP contribution in [0.2, 0.25) is 0 Å². The summed E-state index contributed by atoms with van der Waals surface area (Å²) in [5.74, 6) is -1.36. The molecule has 1 N–H and O–H groups in total. The van der Waals surface area contributed by atoms with Crippen molar-refractivity contribution in [3.05, 3.63) is 12.7 Å². The third-order valence-corrected chi connectivity index (χ3v) is 0.437. The Balaban J connectivity index is 0. The average molecular weight is 164 g/mol. The fraction of sp³-hybridized carbons (Fsp3) is 0.200. The van der Waals surface area contributed by atoms with Crippen molar-refractivity contribution in [3.8, 4) is 0 Å². The molecule has 58 valence electrons. The van der Waals surface area contributed by atoms with Crippen LogP contribution in [0.3, 0.4) is 0 Å². The van der Waals surface area contributed by atoms with Crippen LogP contribution in [0.1, 0.15) is 6.92 Å². The molecule has 0 aromatic heterocycles. The summed E-state index contributed by atoms with van der Waals surface area (Å²) in [4.78, 5) is 18.8. The maximum absolute atomic E-state index is 9.76. The van der Waals surface area contributed by atoms with Gasteiger partial charge in [0.1, 0.15) is 0 Å². The lowest BCUT2D eigenvalue weighted by Crippen LogP contribution is -1.86. The van der Waals surface area contributed by atoms with E-state index in [1.54, 1.807) is 0 Å². The molecule has 0 radical (unpaired) electrons. The van der Waals surface area contributed by atoms with Gasteiger partial charge in [0.15, 0.2) is 0 Å². The van der Waals surface area contributed by atoms with Crippen molar-refractivity contribution in [2.24, 2.45) is 0 Å². The van der Waals surface area contributed by atoms with Crippen molar-refractivity contribution in [2.45, 2.75) is 6.92 Å². The van der Waals surface area contributed by atoms with Crippen LogP contribution in [0.15, 0.2) is 12.7 Å². The lowest BCUT2D eigenvalue weighted by Gasteiger charge is -1.80. The first-order valence-corrected chi connectivity index (χ1v) is 2.58. The van der Waals surface area contributed by atoms with Crippen LogP contribution in [-0.4, -0.2) is 17.0 Å². The summed E-state index contributed by atoms with van der Waals surface area (Å²) in [6.07, 6.45) is 1.03. The van der Waals surface area contributed by atoms with Crippen molar-refractivity contribution < 1.29 is 18.9 Å². The molecule has 0 aliphatic carbocycles. The fourth-order valence-electron chi connectivity index (χ4n) is 0.0373. The molecule has 4 nitrogen and oxygen atoms in total. The average Bonchev–Trinajstić information content (AvgIpc) is 1.85. The maximum Gasteiger partial charge on any atom is 0.341 e. The van der Waals surface area contributed by atoms with Gasteiger partial charge in [0.2, 0.25) is 0 Å². The Morgan fingerprint density at radius 1 is 1.70 bits per heavy atom. The van der Waals surface area contributed by atoms with Crippen LogP contribution < -0.4 is 0 Å². The molecular weight excluding hydrogens is 156 g/mol. The van der Waals surface area contributed by atoms with Gasteiger partial charge in [-0.2, -0.15) is 0 Å². The van der Waals surface area contributed by atoms with Crippen LogP contribution in [0.4, 0.5) is 0 Å². The standard InChI is InChI=1S/C3H4O2S.C2H4O2/c1-2-3(4)5-6;1-2(3)4/h2,6H,1H2;1H3,(H,3,4). The second-order valence-electron chi connectivity index (χ2n) is 1.13. The van der Waals surface area contributed by atoms with Gasteiger partial charge < -0.3 is 9.29 Å². The van der Waals surface area contributed by atoms with Crippen LogP contribution >= 0.6 is 12.9 Å². The van der Waals surface area contributed by atoms with Gasteiger partial charge in [-0.05, 0) is 0 Å². The number of carbonyl (C=O) groups excluding carboxylic acids is 1. The molecule has 0 aromatic carbocycles. The minimum atomic E-state index is -0.833. The van der Waals surface area contributed by atoms with Crippen LogP contribution in [0, 0.1) is 0 Å². The number of carboxylic acid groups (broad SMARTS) is 1. The number of carboxylic acids is 1. The fourth-order valence-corrected chi connectivity index (χ4v) is 0.112. The Hall–Kier alpha value is -0.970. The number of hydrogen-bond acceptors (Lipinski definition) is 4. The van der Waals surface area contributed by atoms with Gasteiger partial charge in [-0.1, -0.05) is 6.58 Å². The third kappa shape index (κ3) is 27.8. The summed E-state index contributed by atoms with van der Waals surface area (Å²) in [6.45, 7) is 4.19. The first kappa shape index (κ1) is 11.8. The number of thiol groups is 1. The highest BCUT2D eigenvalue weighted by atomic mass is 32.1. The Kier molecular flexibility index (Phi) is 9.46. The quantitative estimate of drug-likeness (QED) is 0.339. The summed E-state index contributed by atoms with van der Waals surface area (Å²) in [7, 11) is 0. The predicted octanol–water partition coefficient (Wildman–Crippen LogP) is 0.651. The molecule has 0 fully saturated rings. The van der Waals surface area contributed by atoms with E-state index in [0.717, 1.165) is 13.0 Å². The molecule has 0 amide bonds. The van der Waals surface area contributed by atoms with Crippen molar-refractivity contribution >= 4 is 24.8 Å². The van der Waals surface area contributed by atoms with Gasteiger partial charge in [0, 0.05) is 25.9 Å². The van der Waals surface area contributed by atoms with E-state index in [1.165, 1.54) is 0 Å². The molecular formula is C5H8O4S. The van der Waals surface area contributed by atoms with Gasteiger partial charge in [0.25, 0.3) is 5.97 Å². The summed E-state index contributed by atoms with van der Waals surface area (Å²) in [5.41, 5.74) is 0. The summed E-state index contributed by atoms with van der Waals surface area (Å²) in [6, 6.07) is 0. The van der Waals surface area contributed by atoms with E-state index in [-0.39, 0.29) is 0 Å². The molecule has 0 atom stereocenters. The second-order valence-corrected chi connectivity index (χ2v) is 1.32. The molecule has 10 heavy (non-hydrogen) atoms. The minimum Gasteiger partial charge on any atom is -0.481 e. The molecule has 0 saturated heterocycles. The molecule has 0 rings (SSSR count). The molecule has 0 spiro atoms. The van der Waals surface area contributed by atoms with Crippen molar-refractivity contribution in [1.29, 1.82) is 0 Å². The molecule has 0 aliphatic heterocycles. The number of aliphatic carboxylic acids is 1. The summed E-state index contributed by atoms with van der Waals surface area (Å²) >= 11 is 3.17. The minimum absolute atomic E-state index is 0.529. The molecule has 0 bridgehead atoms. The van der Waals surface area contributed by atoms with Crippen LogP contribution in [0.5, 0.6) is 0 Å². The maximum atomic E-state index is 9.76. The second kappa shape index (κ2) is 8.03. The van der Waals surface area contributed by atoms with Gasteiger partial charge in [-0.15, -0.1) is 0 Å². The van der Waals surface area contributed by atoms with Crippen molar-refractivity contribution in [2.75, 3.05) is 0 Å². The largest absolute Gasteiger partial charge is 0.481 e. The third-order valence-electron chi connectivity index (χ3n) is 0.257. The monoisotopic (exact) mass is 164 g/mol. The lowest BCUT2D eigenvalue weighted by atomic mass is 10.7. The molecule has 5 heteroatoms. The van der Waals surface area contributed by atoms with Crippen LogP contribution in [-0.2, 0) is 13.8 Å². The first-order chi connectivity index (χ1) is 4.54. The summed E-state index contributed by atoms with van der Waals surface area (Å²) < 4.78 is 3.84. The first-order valence-electron chi connectivity index (χ1n) is 2.22. The molecule has 0 aromatic rings. The van der Waals surface area contributed by atoms with Gasteiger partial charge in [-0.25, -0.2) is 4.79 Å². The Morgan fingerprint density at radius 3 is 2.00 bits per heavy atom. The summed E-state index contributed by atoms with van der Waals surface area (Å²) in [5, 5.41) is 7.42. The van der Waals surface area contributed by atoms with Crippen LogP contribution in [0.25, 0.3) is 0 Å². The van der Waals surface area contributed by atoms with Gasteiger partial charge >= 0.3 is 5.97 Å². The van der Waals surface area contributed by atoms with E-state index >= 15 is 0 Å². The molecule has 0 unspecified atom stereocenters. The van der Waals surface area contributed by atoms with E-state index < -0.39 is 11.9 Å². The highest BCUT2D eigenvalue weighted by Gasteiger charge is 1.83. The topological polar surface area (TPSA) is 63.6 Å². The Labute approximate surface area is 64.1 Å². The smallest absolute Gasteiger partial charge is 0.341 e. The van der Waals surface area contributed by atoms with Gasteiger partial charge in [-0.3, -0.25) is 4.79 Å². The van der Waals surface area contributed by atoms with E-state index in [9.17, 15) is 4.79 Å². The van der Waals surface area contributed by atoms with E-state index in [1.807, 2.05) is 0 Å². The zero-order valence-corrected chi connectivity index (χ0v) is 6.30. The molecule has 0 saturated carbocycles. The van der Waals surface area contributed by atoms with Gasteiger partial charge in [0.05, 0.1) is 0 Å². The van der Waals surface area contributed by atoms with E-state index in [0.29, 0.717) is 0 Å². The molecule has 0 heterocycles. The lowest BCUT2D eigenvalue weighted by molar-refractivity contribution is -0.134. The van der Waals surface area contributed by atoms with E-state index in [2.05, 4.69) is 23.7 Å². The zero-order valence-electron chi connectivity index (χ0n) is 5.40. The normalized spacial score (nSPS) is 6.60. The number of rotatable bonds is 1. The SMILES string of the molecule is C=CC(=O)OS.CC(=O)O. The number of carbonyl (C=O) groups is 2.